The van der Waals surface area contributed by atoms with Gasteiger partial charge in [0.1, 0.15) is 5.54 Å². The van der Waals surface area contributed by atoms with Crippen LogP contribution in [0.4, 0.5) is 0 Å². The normalized spacial score (nSPS) is 10.8. The Labute approximate surface area is 105 Å². The van der Waals surface area contributed by atoms with Gasteiger partial charge >= 0.3 is 5.97 Å². The van der Waals surface area contributed by atoms with Gasteiger partial charge in [0.15, 0.2) is 0 Å². The van der Waals surface area contributed by atoms with E-state index in [0.29, 0.717) is 10.6 Å². The zero-order valence-corrected chi connectivity index (χ0v) is 10.7. The lowest BCUT2D eigenvalue weighted by molar-refractivity contribution is -0.146. The van der Waals surface area contributed by atoms with E-state index in [1.807, 2.05) is 0 Å². The SMILES string of the molecule is COC(=O)C(C)(C)NC(=O)c1cccc(Cl)c1. The number of benzene rings is 1. The molecule has 0 aliphatic heterocycles. The van der Waals surface area contributed by atoms with E-state index in [1.54, 1.807) is 32.0 Å². The lowest BCUT2D eigenvalue weighted by atomic mass is 10.1. The van der Waals surface area contributed by atoms with Gasteiger partial charge in [0.05, 0.1) is 7.11 Å². The summed E-state index contributed by atoms with van der Waals surface area (Å²) in [6.45, 7) is 3.14. The molecule has 0 aromatic heterocycles. The summed E-state index contributed by atoms with van der Waals surface area (Å²) in [5.41, 5.74) is -0.678. The van der Waals surface area contributed by atoms with Crippen LogP contribution in [0.15, 0.2) is 24.3 Å². The molecule has 4 nitrogen and oxygen atoms in total. The maximum atomic E-state index is 11.9. The Morgan fingerprint density at radius 3 is 2.53 bits per heavy atom. The Morgan fingerprint density at radius 2 is 2.00 bits per heavy atom. The van der Waals surface area contributed by atoms with Crippen molar-refractivity contribution in [3.05, 3.63) is 34.9 Å². The molecule has 0 aliphatic rings. The molecule has 0 fully saturated rings. The molecule has 5 heteroatoms. The van der Waals surface area contributed by atoms with Crippen LogP contribution in [-0.4, -0.2) is 24.5 Å². The van der Waals surface area contributed by atoms with Gasteiger partial charge < -0.3 is 10.1 Å². The van der Waals surface area contributed by atoms with Gasteiger partial charge in [0, 0.05) is 10.6 Å². The van der Waals surface area contributed by atoms with E-state index < -0.39 is 11.5 Å². The molecular formula is C12H14ClNO3. The van der Waals surface area contributed by atoms with Gasteiger partial charge in [0.2, 0.25) is 0 Å². The van der Waals surface area contributed by atoms with Crippen LogP contribution in [0.1, 0.15) is 24.2 Å². The van der Waals surface area contributed by atoms with Crippen molar-refractivity contribution in [2.75, 3.05) is 7.11 Å². The van der Waals surface area contributed by atoms with Gasteiger partial charge in [-0.05, 0) is 32.0 Å². The monoisotopic (exact) mass is 255 g/mol. The van der Waals surface area contributed by atoms with Gasteiger partial charge in [-0.15, -0.1) is 0 Å². The van der Waals surface area contributed by atoms with Crippen LogP contribution in [0.25, 0.3) is 0 Å². The number of rotatable bonds is 3. The summed E-state index contributed by atoms with van der Waals surface area (Å²) in [6.07, 6.45) is 0. The zero-order chi connectivity index (χ0) is 13.1. The van der Waals surface area contributed by atoms with Crippen molar-refractivity contribution in [1.82, 2.24) is 5.32 Å². The second-order valence-corrected chi connectivity index (χ2v) is 4.52. The average molecular weight is 256 g/mol. The van der Waals surface area contributed by atoms with Crippen molar-refractivity contribution in [1.29, 1.82) is 0 Å². The van der Waals surface area contributed by atoms with Gasteiger partial charge in [0.25, 0.3) is 5.91 Å². The summed E-state index contributed by atoms with van der Waals surface area (Å²) in [4.78, 5) is 23.3. The Morgan fingerprint density at radius 1 is 1.35 bits per heavy atom. The van der Waals surface area contributed by atoms with Crippen LogP contribution in [-0.2, 0) is 9.53 Å². The first-order chi connectivity index (χ1) is 7.86. The fourth-order valence-corrected chi connectivity index (χ4v) is 1.48. The molecule has 0 saturated heterocycles. The van der Waals surface area contributed by atoms with Crippen LogP contribution in [0.2, 0.25) is 5.02 Å². The molecule has 0 aliphatic carbocycles. The number of amides is 1. The van der Waals surface area contributed by atoms with E-state index in [4.69, 9.17) is 11.6 Å². The number of halogens is 1. The Hall–Kier alpha value is -1.55. The Balaban J connectivity index is 2.83. The first kappa shape index (κ1) is 13.5. The molecule has 1 aromatic carbocycles. The van der Waals surface area contributed by atoms with E-state index in [9.17, 15) is 9.59 Å². The molecule has 0 bridgehead atoms. The Bertz CT molecular complexity index is 443. The van der Waals surface area contributed by atoms with Gasteiger partial charge in [-0.3, -0.25) is 4.79 Å². The van der Waals surface area contributed by atoms with E-state index in [0.717, 1.165) is 0 Å². The molecule has 0 heterocycles. The van der Waals surface area contributed by atoms with E-state index in [1.165, 1.54) is 13.2 Å². The molecule has 0 radical (unpaired) electrons. The maximum Gasteiger partial charge on any atom is 0.330 e. The third kappa shape index (κ3) is 3.46. The van der Waals surface area contributed by atoms with Crippen LogP contribution >= 0.6 is 11.6 Å². The molecule has 1 amide bonds. The minimum Gasteiger partial charge on any atom is -0.467 e. The average Bonchev–Trinajstić information content (AvgIpc) is 2.27. The summed E-state index contributed by atoms with van der Waals surface area (Å²) in [7, 11) is 1.27. The van der Waals surface area contributed by atoms with E-state index >= 15 is 0 Å². The third-order valence-electron chi connectivity index (χ3n) is 2.21. The fourth-order valence-electron chi connectivity index (χ4n) is 1.29. The van der Waals surface area contributed by atoms with Crippen LogP contribution in [0.3, 0.4) is 0 Å². The summed E-state index contributed by atoms with van der Waals surface area (Å²) in [6, 6.07) is 6.49. The van der Waals surface area contributed by atoms with Crippen molar-refractivity contribution >= 4 is 23.5 Å². The van der Waals surface area contributed by atoms with Crippen molar-refractivity contribution < 1.29 is 14.3 Å². The highest BCUT2D eigenvalue weighted by Crippen LogP contribution is 2.12. The summed E-state index contributed by atoms with van der Waals surface area (Å²) in [5, 5.41) is 3.04. The minimum absolute atomic E-state index is 0.372. The van der Waals surface area contributed by atoms with Crippen LogP contribution in [0, 0.1) is 0 Å². The number of hydrogen-bond donors (Lipinski definition) is 1. The van der Waals surface area contributed by atoms with Crippen molar-refractivity contribution in [3.8, 4) is 0 Å². The lowest BCUT2D eigenvalue weighted by Gasteiger charge is -2.23. The molecule has 17 heavy (non-hydrogen) atoms. The van der Waals surface area contributed by atoms with Gasteiger partial charge in [-0.25, -0.2) is 4.79 Å². The smallest absolute Gasteiger partial charge is 0.330 e. The number of methoxy groups -OCH3 is 1. The number of carbonyl (C=O) groups is 2. The third-order valence-corrected chi connectivity index (χ3v) is 2.44. The number of ether oxygens (including phenoxy) is 1. The van der Waals surface area contributed by atoms with Crippen molar-refractivity contribution in [2.24, 2.45) is 0 Å². The molecule has 0 saturated carbocycles. The highest BCUT2D eigenvalue weighted by molar-refractivity contribution is 6.31. The summed E-state index contributed by atoms with van der Waals surface area (Å²) in [5.74, 6) is -0.879. The molecule has 0 spiro atoms. The zero-order valence-electron chi connectivity index (χ0n) is 9.91. The van der Waals surface area contributed by atoms with E-state index in [-0.39, 0.29) is 5.91 Å². The second kappa shape index (κ2) is 5.19. The van der Waals surface area contributed by atoms with Crippen molar-refractivity contribution in [3.63, 3.8) is 0 Å². The molecule has 92 valence electrons. The standard InChI is InChI=1S/C12H14ClNO3/c1-12(2,11(16)17-3)14-10(15)8-5-4-6-9(13)7-8/h4-7H,1-3H3,(H,14,15). The fraction of sp³-hybridized carbons (Fsp3) is 0.333. The molecule has 1 aromatic rings. The topological polar surface area (TPSA) is 55.4 Å². The molecule has 1 N–H and O–H groups in total. The maximum absolute atomic E-state index is 11.9. The molecule has 1 rings (SSSR count). The predicted octanol–water partition coefficient (Wildman–Crippen LogP) is 2.02. The van der Waals surface area contributed by atoms with Gasteiger partial charge in [-0.1, -0.05) is 17.7 Å². The minimum atomic E-state index is -1.08. The van der Waals surface area contributed by atoms with Crippen LogP contribution in [0.5, 0.6) is 0 Å². The molecule has 0 unspecified atom stereocenters. The second-order valence-electron chi connectivity index (χ2n) is 4.08. The van der Waals surface area contributed by atoms with Crippen molar-refractivity contribution in [2.45, 2.75) is 19.4 Å². The molecule has 0 atom stereocenters. The summed E-state index contributed by atoms with van der Waals surface area (Å²) >= 11 is 5.78. The predicted molar refractivity (Wildman–Crippen MR) is 65.0 cm³/mol. The number of nitrogens with one attached hydrogen (secondary N) is 1. The van der Waals surface area contributed by atoms with E-state index in [2.05, 4.69) is 10.1 Å². The first-order valence-electron chi connectivity index (χ1n) is 5.03. The first-order valence-corrected chi connectivity index (χ1v) is 5.41. The highest BCUT2D eigenvalue weighted by Gasteiger charge is 2.30. The number of esters is 1. The number of hydrogen-bond acceptors (Lipinski definition) is 3. The Kier molecular flexibility index (Phi) is 4.12. The quantitative estimate of drug-likeness (QED) is 0.841. The van der Waals surface area contributed by atoms with Crippen LogP contribution < -0.4 is 5.32 Å². The molecular weight excluding hydrogens is 242 g/mol. The lowest BCUT2D eigenvalue weighted by Crippen LogP contribution is -2.50. The largest absolute Gasteiger partial charge is 0.467 e. The van der Waals surface area contributed by atoms with Gasteiger partial charge in [-0.2, -0.15) is 0 Å². The highest BCUT2D eigenvalue weighted by atomic mass is 35.5. The summed E-state index contributed by atoms with van der Waals surface area (Å²) < 4.78 is 4.60. The number of carbonyl (C=O) groups excluding carboxylic acids is 2.